The predicted octanol–water partition coefficient (Wildman–Crippen LogP) is 2.77. The van der Waals surface area contributed by atoms with Gasteiger partial charge in [0.2, 0.25) is 0 Å². The van der Waals surface area contributed by atoms with Crippen molar-refractivity contribution in [2.75, 3.05) is 6.26 Å². The van der Waals surface area contributed by atoms with Crippen molar-refractivity contribution in [3.05, 3.63) is 29.8 Å². The van der Waals surface area contributed by atoms with Crippen LogP contribution in [0.3, 0.4) is 0 Å². The average molecular weight is 250 g/mol. The maximum absolute atomic E-state index is 5.91. The van der Waals surface area contributed by atoms with Crippen molar-refractivity contribution in [1.82, 2.24) is 5.32 Å². The van der Waals surface area contributed by atoms with Gasteiger partial charge in [0, 0.05) is 23.5 Å². The monoisotopic (exact) mass is 250 g/mol. The van der Waals surface area contributed by atoms with E-state index in [9.17, 15) is 0 Å². The molecule has 1 aromatic carbocycles. The molecule has 0 atom stereocenters. The van der Waals surface area contributed by atoms with Gasteiger partial charge >= 0.3 is 0 Å². The van der Waals surface area contributed by atoms with Crippen LogP contribution in [0.25, 0.3) is 0 Å². The zero-order valence-corrected chi connectivity index (χ0v) is 11.3. The van der Waals surface area contributed by atoms with Gasteiger partial charge in [0.25, 0.3) is 0 Å². The van der Waals surface area contributed by atoms with Crippen LogP contribution >= 0.6 is 11.8 Å². The zero-order valence-electron chi connectivity index (χ0n) is 10.5. The van der Waals surface area contributed by atoms with Gasteiger partial charge in [0.05, 0.1) is 0 Å². The zero-order chi connectivity index (χ0) is 12.1. The molecule has 0 unspecified atom stereocenters. The fourth-order valence-electron chi connectivity index (χ4n) is 2.33. The number of nitrogens with two attached hydrogens (primary N) is 1. The van der Waals surface area contributed by atoms with Crippen molar-refractivity contribution < 1.29 is 0 Å². The van der Waals surface area contributed by atoms with Crippen LogP contribution < -0.4 is 11.1 Å². The Morgan fingerprint density at radius 3 is 2.41 bits per heavy atom. The van der Waals surface area contributed by atoms with E-state index < -0.39 is 0 Å². The lowest BCUT2D eigenvalue weighted by Gasteiger charge is -2.27. The molecule has 0 saturated heterocycles. The Morgan fingerprint density at radius 1 is 1.18 bits per heavy atom. The van der Waals surface area contributed by atoms with Crippen LogP contribution in [0.5, 0.6) is 0 Å². The summed E-state index contributed by atoms with van der Waals surface area (Å²) in [6.45, 7) is 0.981. The van der Waals surface area contributed by atoms with Crippen molar-refractivity contribution in [3.63, 3.8) is 0 Å². The summed E-state index contributed by atoms with van der Waals surface area (Å²) in [6.07, 6.45) is 6.90. The molecule has 3 N–H and O–H groups in total. The topological polar surface area (TPSA) is 38.0 Å². The summed E-state index contributed by atoms with van der Waals surface area (Å²) in [4.78, 5) is 1.33. The Bertz CT molecular complexity index is 329. The third-order valence-corrected chi connectivity index (χ3v) is 4.27. The minimum absolute atomic E-state index is 0.439. The third-order valence-electron chi connectivity index (χ3n) is 3.53. The minimum Gasteiger partial charge on any atom is -0.328 e. The average Bonchev–Trinajstić information content (AvgIpc) is 2.39. The van der Waals surface area contributed by atoms with Crippen LogP contribution in [0.15, 0.2) is 29.2 Å². The van der Waals surface area contributed by atoms with Gasteiger partial charge in [0.15, 0.2) is 0 Å². The fourth-order valence-corrected chi connectivity index (χ4v) is 2.74. The first-order valence-electron chi connectivity index (χ1n) is 6.40. The van der Waals surface area contributed by atoms with Gasteiger partial charge in [-0.2, -0.15) is 0 Å². The van der Waals surface area contributed by atoms with Crippen LogP contribution in [0, 0.1) is 0 Å². The molecule has 0 radical (unpaired) electrons. The van der Waals surface area contributed by atoms with Gasteiger partial charge < -0.3 is 11.1 Å². The summed E-state index contributed by atoms with van der Waals surface area (Å²) in [7, 11) is 0. The van der Waals surface area contributed by atoms with Gasteiger partial charge in [-0.25, -0.2) is 0 Å². The molecule has 3 heteroatoms. The summed E-state index contributed by atoms with van der Waals surface area (Å²) < 4.78 is 0. The molecule has 1 saturated carbocycles. The lowest BCUT2D eigenvalue weighted by atomic mass is 9.92. The molecule has 1 aromatic rings. The highest BCUT2D eigenvalue weighted by atomic mass is 32.2. The van der Waals surface area contributed by atoms with E-state index in [4.69, 9.17) is 5.73 Å². The Kier molecular flexibility index (Phi) is 4.89. The molecule has 0 aliphatic heterocycles. The van der Waals surface area contributed by atoms with Crippen molar-refractivity contribution in [2.24, 2.45) is 5.73 Å². The van der Waals surface area contributed by atoms with Gasteiger partial charge in [-0.3, -0.25) is 0 Å². The van der Waals surface area contributed by atoms with E-state index in [2.05, 4.69) is 35.8 Å². The SMILES string of the molecule is CSc1ccc(CNC2CCC(N)CC2)cc1. The van der Waals surface area contributed by atoms with E-state index in [0.717, 1.165) is 6.54 Å². The second kappa shape index (κ2) is 6.43. The van der Waals surface area contributed by atoms with Crippen LogP contribution in [0.2, 0.25) is 0 Å². The van der Waals surface area contributed by atoms with Crippen molar-refractivity contribution in [1.29, 1.82) is 0 Å². The summed E-state index contributed by atoms with van der Waals surface area (Å²) >= 11 is 1.79. The molecular weight excluding hydrogens is 228 g/mol. The molecule has 17 heavy (non-hydrogen) atoms. The quantitative estimate of drug-likeness (QED) is 0.807. The molecule has 0 heterocycles. The molecule has 0 aromatic heterocycles. The molecule has 1 aliphatic carbocycles. The Morgan fingerprint density at radius 2 is 1.82 bits per heavy atom. The molecule has 1 fully saturated rings. The van der Waals surface area contributed by atoms with Crippen molar-refractivity contribution in [2.45, 2.75) is 49.2 Å². The van der Waals surface area contributed by atoms with Crippen molar-refractivity contribution >= 4 is 11.8 Å². The maximum atomic E-state index is 5.91. The Balaban J connectivity index is 1.77. The molecule has 0 spiro atoms. The molecule has 2 rings (SSSR count). The summed E-state index contributed by atoms with van der Waals surface area (Å²) in [5, 5.41) is 3.63. The van der Waals surface area contributed by atoms with E-state index in [1.54, 1.807) is 11.8 Å². The van der Waals surface area contributed by atoms with Gasteiger partial charge in [-0.1, -0.05) is 12.1 Å². The Hall–Kier alpha value is -0.510. The first-order valence-corrected chi connectivity index (χ1v) is 7.62. The first-order chi connectivity index (χ1) is 8.28. The van der Waals surface area contributed by atoms with Gasteiger partial charge in [-0.15, -0.1) is 11.8 Å². The first kappa shape index (κ1) is 12.9. The molecular formula is C14H22N2S. The second-order valence-electron chi connectivity index (χ2n) is 4.84. The van der Waals surface area contributed by atoms with Crippen LogP contribution in [0.4, 0.5) is 0 Å². The summed E-state index contributed by atoms with van der Waals surface area (Å²) in [5.74, 6) is 0. The highest BCUT2D eigenvalue weighted by Crippen LogP contribution is 2.18. The lowest BCUT2D eigenvalue weighted by Crippen LogP contribution is -2.36. The van der Waals surface area contributed by atoms with E-state index in [0.29, 0.717) is 12.1 Å². The largest absolute Gasteiger partial charge is 0.328 e. The number of hydrogen-bond donors (Lipinski definition) is 2. The maximum Gasteiger partial charge on any atom is 0.0208 e. The van der Waals surface area contributed by atoms with Crippen LogP contribution in [-0.2, 0) is 6.54 Å². The van der Waals surface area contributed by atoms with Gasteiger partial charge in [-0.05, 0) is 49.6 Å². The fraction of sp³-hybridized carbons (Fsp3) is 0.571. The lowest BCUT2D eigenvalue weighted by molar-refractivity contribution is 0.342. The molecule has 94 valence electrons. The number of thioether (sulfide) groups is 1. The number of rotatable bonds is 4. The number of benzene rings is 1. The van der Waals surface area contributed by atoms with Crippen LogP contribution in [-0.4, -0.2) is 18.3 Å². The normalized spacial score (nSPS) is 24.8. The smallest absolute Gasteiger partial charge is 0.0208 e. The van der Waals surface area contributed by atoms with E-state index in [-0.39, 0.29) is 0 Å². The predicted molar refractivity (Wildman–Crippen MR) is 75.3 cm³/mol. The molecule has 2 nitrogen and oxygen atoms in total. The van der Waals surface area contributed by atoms with E-state index >= 15 is 0 Å². The highest BCUT2D eigenvalue weighted by Gasteiger charge is 2.17. The van der Waals surface area contributed by atoms with Crippen LogP contribution in [0.1, 0.15) is 31.2 Å². The summed E-state index contributed by atoms with van der Waals surface area (Å²) in [6, 6.07) is 9.92. The Labute approximate surface area is 108 Å². The highest BCUT2D eigenvalue weighted by molar-refractivity contribution is 7.98. The minimum atomic E-state index is 0.439. The van der Waals surface area contributed by atoms with Gasteiger partial charge in [0.1, 0.15) is 0 Å². The van der Waals surface area contributed by atoms with E-state index in [1.807, 2.05) is 0 Å². The molecule has 0 amide bonds. The standard InChI is InChI=1S/C14H22N2S/c1-17-14-8-2-11(3-9-14)10-16-13-6-4-12(15)5-7-13/h2-3,8-9,12-13,16H,4-7,10,15H2,1H3. The van der Waals surface area contributed by atoms with Crippen molar-refractivity contribution in [3.8, 4) is 0 Å². The molecule has 0 bridgehead atoms. The third kappa shape index (κ3) is 4.02. The molecule has 1 aliphatic rings. The summed E-state index contributed by atoms with van der Waals surface area (Å²) in [5.41, 5.74) is 7.28. The number of nitrogens with one attached hydrogen (secondary N) is 1. The van der Waals surface area contributed by atoms with E-state index in [1.165, 1.54) is 36.1 Å². The second-order valence-corrected chi connectivity index (χ2v) is 5.72. The number of hydrogen-bond acceptors (Lipinski definition) is 3.